The van der Waals surface area contributed by atoms with Crippen LogP contribution in [0.2, 0.25) is 0 Å². The minimum atomic E-state index is 0.0889. The van der Waals surface area contributed by atoms with Crippen LogP contribution in [0.5, 0.6) is 0 Å². The average Bonchev–Trinajstić information content (AvgIpc) is 2.42. The van der Waals surface area contributed by atoms with Gasteiger partial charge in [-0.15, -0.1) is 0 Å². The van der Waals surface area contributed by atoms with E-state index >= 15 is 0 Å². The maximum Gasteiger partial charge on any atom is 0.0141 e. The molecule has 106 valence electrons. The van der Waals surface area contributed by atoms with E-state index < -0.39 is 0 Å². The second-order valence-corrected chi connectivity index (χ2v) is 5.78. The van der Waals surface area contributed by atoms with Crippen LogP contribution in [-0.4, -0.2) is 0 Å². The van der Waals surface area contributed by atoms with Gasteiger partial charge in [-0.25, -0.2) is 0 Å². The van der Waals surface area contributed by atoms with E-state index in [2.05, 4.69) is 41.5 Å². The van der Waals surface area contributed by atoms with Crippen molar-refractivity contribution in [3.05, 3.63) is 23.5 Å². The Hall–Kier alpha value is -0.920. The Morgan fingerprint density at radius 2 is 0.944 bits per heavy atom. The first-order valence-corrected chi connectivity index (χ1v) is 7.23. The van der Waals surface area contributed by atoms with Gasteiger partial charge in [0.15, 0.2) is 0 Å². The van der Waals surface area contributed by atoms with Crippen molar-refractivity contribution in [1.82, 2.24) is 0 Å². The highest BCUT2D eigenvalue weighted by Crippen LogP contribution is 2.33. The Kier molecular flexibility index (Phi) is 6.51. The molecule has 0 heterocycles. The normalized spacial score (nSPS) is 15.0. The maximum absolute atomic E-state index is 6.21. The minimum Gasteiger partial charge on any atom is -0.402 e. The summed E-state index contributed by atoms with van der Waals surface area (Å²) in [4.78, 5) is 0. The molecule has 0 aliphatic heterocycles. The second-order valence-electron chi connectivity index (χ2n) is 5.78. The van der Waals surface area contributed by atoms with Crippen LogP contribution in [-0.2, 0) is 0 Å². The lowest BCUT2D eigenvalue weighted by Crippen LogP contribution is -2.24. The summed E-state index contributed by atoms with van der Waals surface area (Å²) in [5, 5.41) is 0. The molecule has 0 aromatic carbocycles. The van der Waals surface area contributed by atoms with Crippen LogP contribution in [0.1, 0.15) is 67.2 Å². The van der Waals surface area contributed by atoms with Crippen LogP contribution in [0.15, 0.2) is 23.5 Å². The summed E-state index contributed by atoms with van der Waals surface area (Å²) in [6, 6.07) is 0. The molecule has 0 rings (SSSR count). The minimum absolute atomic E-state index is 0.0889. The van der Waals surface area contributed by atoms with E-state index in [1.165, 1.54) is 0 Å². The van der Waals surface area contributed by atoms with Crippen molar-refractivity contribution in [3.8, 4) is 0 Å². The number of allylic oxidation sites excluding steroid dienone is 4. The Morgan fingerprint density at radius 3 is 1.11 bits per heavy atom. The van der Waals surface area contributed by atoms with Gasteiger partial charge in [0, 0.05) is 22.2 Å². The van der Waals surface area contributed by atoms with Crippen molar-refractivity contribution >= 4 is 0 Å². The molecule has 0 aromatic rings. The molecule has 4 N–H and O–H groups in total. The Morgan fingerprint density at radius 1 is 0.722 bits per heavy atom. The van der Waals surface area contributed by atoms with Gasteiger partial charge in [0.1, 0.15) is 0 Å². The second kappa shape index (κ2) is 6.86. The lowest BCUT2D eigenvalue weighted by molar-refractivity contribution is 0.359. The molecule has 0 spiro atoms. The Balaban J connectivity index is 5.11. The molecule has 0 aliphatic carbocycles. The van der Waals surface area contributed by atoms with Gasteiger partial charge in [0.05, 0.1) is 0 Å². The quantitative estimate of drug-likeness (QED) is 0.663. The highest BCUT2D eigenvalue weighted by Gasteiger charge is 2.24. The van der Waals surface area contributed by atoms with Gasteiger partial charge in [-0.3, -0.25) is 0 Å². The topological polar surface area (TPSA) is 52.0 Å². The molecule has 0 saturated heterocycles. The fourth-order valence-corrected chi connectivity index (χ4v) is 1.90. The third-order valence-electron chi connectivity index (χ3n) is 4.96. The molecule has 0 amide bonds. The van der Waals surface area contributed by atoms with Crippen molar-refractivity contribution < 1.29 is 0 Å². The highest BCUT2D eigenvalue weighted by atomic mass is 14.6. The smallest absolute Gasteiger partial charge is 0.0141 e. The van der Waals surface area contributed by atoms with Crippen LogP contribution >= 0.6 is 0 Å². The third kappa shape index (κ3) is 3.79. The summed E-state index contributed by atoms with van der Waals surface area (Å²) in [6.07, 6.45) is 8.23. The summed E-state index contributed by atoms with van der Waals surface area (Å²) < 4.78 is 0. The zero-order chi connectivity index (χ0) is 14.4. The molecule has 18 heavy (non-hydrogen) atoms. The lowest BCUT2D eigenvalue weighted by atomic mass is 9.79. The fraction of sp³-hybridized carbons (Fsp3) is 0.750. The van der Waals surface area contributed by atoms with Crippen molar-refractivity contribution in [2.45, 2.75) is 67.2 Å². The monoisotopic (exact) mass is 252 g/mol. The summed E-state index contributed by atoms with van der Waals surface area (Å²) in [6.45, 7) is 13.1. The lowest BCUT2D eigenvalue weighted by Gasteiger charge is -2.29. The van der Waals surface area contributed by atoms with Crippen LogP contribution in [0.4, 0.5) is 0 Å². The third-order valence-corrected chi connectivity index (χ3v) is 4.96. The van der Waals surface area contributed by atoms with E-state index in [0.717, 1.165) is 37.1 Å². The Labute approximate surface area is 114 Å². The summed E-state index contributed by atoms with van der Waals surface area (Å²) in [7, 11) is 0. The predicted molar refractivity (Wildman–Crippen MR) is 81.9 cm³/mol. The van der Waals surface area contributed by atoms with E-state index in [0.29, 0.717) is 0 Å². The molecule has 2 nitrogen and oxygen atoms in total. The van der Waals surface area contributed by atoms with Gasteiger partial charge >= 0.3 is 0 Å². The first kappa shape index (κ1) is 17.1. The molecule has 0 aromatic heterocycles. The first-order chi connectivity index (χ1) is 8.29. The van der Waals surface area contributed by atoms with Gasteiger partial charge in [-0.2, -0.15) is 0 Å². The molecule has 0 bridgehead atoms. The van der Waals surface area contributed by atoms with Crippen molar-refractivity contribution in [1.29, 1.82) is 0 Å². The zero-order valence-corrected chi connectivity index (χ0v) is 13.1. The molecule has 0 aliphatic rings. The van der Waals surface area contributed by atoms with Crippen LogP contribution in [0.25, 0.3) is 0 Å². The largest absolute Gasteiger partial charge is 0.402 e. The van der Waals surface area contributed by atoms with E-state index in [1.807, 2.05) is 12.2 Å². The number of hydrogen-bond acceptors (Lipinski definition) is 2. The van der Waals surface area contributed by atoms with Gasteiger partial charge < -0.3 is 11.5 Å². The summed E-state index contributed by atoms with van der Waals surface area (Å²) >= 11 is 0. The molecule has 0 saturated carbocycles. The maximum atomic E-state index is 6.21. The van der Waals surface area contributed by atoms with Gasteiger partial charge in [-0.05, 0) is 37.8 Å². The molecule has 0 atom stereocenters. The standard InChI is InChI=1S/C16H32N2/c1-7-15(5,8-2)13(17)11-12-14(18)16(6,9-3)10-4/h11-12H,7-10,17-18H2,1-6H3/b13-11-,14-12-. The van der Waals surface area contributed by atoms with Crippen LogP contribution in [0, 0.1) is 10.8 Å². The van der Waals surface area contributed by atoms with Crippen molar-refractivity contribution in [3.63, 3.8) is 0 Å². The summed E-state index contributed by atoms with van der Waals surface area (Å²) in [5.74, 6) is 0. The van der Waals surface area contributed by atoms with Crippen molar-refractivity contribution in [2.75, 3.05) is 0 Å². The molecular formula is C16H32N2. The van der Waals surface area contributed by atoms with Gasteiger partial charge in [-0.1, -0.05) is 41.5 Å². The Bertz CT molecular complexity index is 273. The molecule has 0 unspecified atom stereocenters. The highest BCUT2D eigenvalue weighted by molar-refractivity contribution is 5.22. The van der Waals surface area contributed by atoms with Crippen molar-refractivity contribution in [2.24, 2.45) is 22.3 Å². The predicted octanol–water partition coefficient (Wildman–Crippen LogP) is 4.32. The van der Waals surface area contributed by atoms with E-state index in [4.69, 9.17) is 11.5 Å². The van der Waals surface area contributed by atoms with Gasteiger partial charge in [0.2, 0.25) is 0 Å². The van der Waals surface area contributed by atoms with Crippen LogP contribution < -0.4 is 11.5 Å². The SMILES string of the molecule is CCC(C)(CC)/C(N)=C/C=C(\N)C(C)(CC)CC. The molecule has 0 radical (unpaired) electrons. The zero-order valence-electron chi connectivity index (χ0n) is 13.1. The number of rotatable bonds is 7. The van der Waals surface area contributed by atoms with E-state index in [1.54, 1.807) is 0 Å². The van der Waals surface area contributed by atoms with E-state index in [9.17, 15) is 0 Å². The van der Waals surface area contributed by atoms with Crippen LogP contribution in [0.3, 0.4) is 0 Å². The molecule has 2 heteroatoms. The van der Waals surface area contributed by atoms with Gasteiger partial charge in [0.25, 0.3) is 0 Å². The molecule has 0 fully saturated rings. The summed E-state index contributed by atoms with van der Waals surface area (Å²) in [5.41, 5.74) is 14.5. The first-order valence-electron chi connectivity index (χ1n) is 7.23. The number of hydrogen-bond donors (Lipinski definition) is 2. The fourth-order valence-electron chi connectivity index (χ4n) is 1.90. The van der Waals surface area contributed by atoms with E-state index in [-0.39, 0.29) is 10.8 Å². The number of nitrogens with two attached hydrogens (primary N) is 2. The molecular weight excluding hydrogens is 220 g/mol. The average molecular weight is 252 g/mol.